The molecule has 0 aliphatic heterocycles. The van der Waals surface area contributed by atoms with Crippen LogP contribution >= 0.6 is 11.6 Å². The summed E-state index contributed by atoms with van der Waals surface area (Å²) in [6.07, 6.45) is 4.86. The lowest BCUT2D eigenvalue weighted by Crippen LogP contribution is -2.07. The Bertz CT molecular complexity index is 466. The molecule has 0 spiro atoms. The third-order valence-corrected chi connectivity index (χ3v) is 2.61. The zero-order chi connectivity index (χ0) is 11.5. The molecule has 4 nitrogen and oxygen atoms in total. The number of halogens is 1. The molecular weight excluding hydrogens is 226 g/mol. The SMILES string of the molecule is Cn1ccnc1CC(O)c1ccc(Cl)cn1. The Morgan fingerprint density at radius 2 is 2.25 bits per heavy atom. The molecule has 0 amide bonds. The molecule has 0 bridgehead atoms. The number of aliphatic hydroxyl groups is 1. The van der Waals surface area contributed by atoms with Gasteiger partial charge in [0.25, 0.3) is 0 Å². The lowest BCUT2D eigenvalue weighted by atomic mass is 10.1. The van der Waals surface area contributed by atoms with Gasteiger partial charge in [-0.1, -0.05) is 11.6 Å². The van der Waals surface area contributed by atoms with E-state index in [2.05, 4.69) is 9.97 Å². The quantitative estimate of drug-likeness (QED) is 0.885. The normalized spacial score (nSPS) is 12.7. The molecule has 0 aliphatic carbocycles. The van der Waals surface area contributed by atoms with Crippen LogP contribution in [0.3, 0.4) is 0 Å². The molecule has 0 aliphatic rings. The predicted molar refractivity (Wildman–Crippen MR) is 61.1 cm³/mol. The highest BCUT2D eigenvalue weighted by atomic mass is 35.5. The van der Waals surface area contributed by atoms with Gasteiger partial charge in [0.2, 0.25) is 0 Å². The number of aryl methyl sites for hydroxylation is 1. The molecule has 0 saturated heterocycles. The number of pyridine rings is 1. The standard InChI is InChI=1S/C11H12ClN3O/c1-15-5-4-13-11(15)6-10(16)9-3-2-8(12)7-14-9/h2-5,7,10,16H,6H2,1H3. The van der Waals surface area contributed by atoms with E-state index >= 15 is 0 Å². The Kier molecular flexibility index (Phi) is 3.22. The summed E-state index contributed by atoms with van der Waals surface area (Å²) >= 11 is 5.72. The van der Waals surface area contributed by atoms with Gasteiger partial charge in [-0.25, -0.2) is 4.98 Å². The fraction of sp³-hybridized carbons (Fsp3) is 0.273. The average molecular weight is 238 g/mol. The molecule has 1 unspecified atom stereocenters. The van der Waals surface area contributed by atoms with Gasteiger partial charge >= 0.3 is 0 Å². The van der Waals surface area contributed by atoms with Crippen molar-refractivity contribution >= 4 is 11.6 Å². The van der Waals surface area contributed by atoms with Gasteiger partial charge in [0, 0.05) is 32.1 Å². The molecule has 2 aromatic heterocycles. The molecule has 0 aromatic carbocycles. The van der Waals surface area contributed by atoms with E-state index in [1.54, 1.807) is 18.3 Å². The van der Waals surface area contributed by atoms with Crippen molar-refractivity contribution in [3.63, 3.8) is 0 Å². The molecule has 2 rings (SSSR count). The third kappa shape index (κ3) is 2.40. The molecule has 16 heavy (non-hydrogen) atoms. The van der Waals surface area contributed by atoms with E-state index < -0.39 is 6.10 Å². The van der Waals surface area contributed by atoms with Gasteiger partial charge in [0.05, 0.1) is 10.7 Å². The van der Waals surface area contributed by atoms with E-state index in [0.29, 0.717) is 17.1 Å². The van der Waals surface area contributed by atoms with Crippen LogP contribution < -0.4 is 0 Å². The largest absolute Gasteiger partial charge is 0.386 e. The first-order valence-corrected chi connectivity index (χ1v) is 5.30. The highest BCUT2D eigenvalue weighted by molar-refractivity contribution is 6.30. The molecule has 0 saturated carbocycles. The van der Waals surface area contributed by atoms with Crippen molar-refractivity contribution in [2.45, 2.75) is 12.5 Å². The highest BCUT2D eigenvalue weighted by Crippen LogP contribution is 2.16. The zero-order valence-corrected chi connectivity index (χ0v) is 9.59. The number of aliphatic hydroxyl groups excluding tert-OH is 1. The van der Waals surface area contributed by atoms with Gasteiger partial charge < -0.3 is 9.67 Å². The monoisotopic (exact) mass is 237 g/mol. The summed E-state index contributed by atoms with van der Waals surface area (Å²) in [5.74, 6) is 0.823. The Morgan fingerprint density at radius 3 is 2.81 bits per heavy atom. The maximum atomic E-state index is 9.95. The van der Waals surface area contributed by atoms with Crippen LogP contribution in [0.25, 0.3) is 0 Å². The van der Waals surface area contributed by atoms with E-state index in [1.807, 2.05) is 17.8 Å². The lowest BCUT2D eigenvalue weighted by molar-refractivity contribution is 0.170. The first-order chi connectivity index (χ1) is 7.66. The van der Waals surface area contributed by atoms with E-state index in [-0.39, 0.29) is 0 Å². The summed E-state index contributed by atoms with van der Waals surface area (Å²) < 4.78 is 1.87. The van der Waals surface area contributed by atoms with Crippen LogP contribution in [-0.4, -0.2) is 19.6 Å². The number of hydrogen-bond donors (Lipinski definition) is 1. The fourth-order valence-electron chi connectivity index (χ4n) is 1.46. The topological polar surface area (TPSA) is 50.9 Å². The zero-order valence-electron chi connectivity index (χ0n) is 8.84. The number of hydrogen-bond acceptors (Lipinski definition) is 3. The van der Waals surface area contributed by atoms with Gasteiger partial charge in [-0.15, -0.1) is 0 Å². The molecule has 0 fully saturated rings. The molecule has 5 heteroatoms. The smallest absolute Gasteiger partial charge is 0.111 e. The first-order valence-electron chi connectivity index (χ1n) is 4.92. The molecule has 0 radical (unpaired) electrons. The summed E-state index contributed by atoms with van der Waals surface area (Å²) in [7, 11) is 1.89. The molecule has 2 heterocycles. The van der Waals surface area contributed by atoms with Crippen molar-refractivity contribution in [3.8, 4) is 0 Å². The Balaban J connectivity index is 2.11. The van der Waals surface area contributed by atoms with Crippen molar-refractivity contribution in [2.75, 3.05) is 0 Å². The maximum absolute atomic E-state index is 9.95. The predicted octanol–water partition coefficient (Wildman–Crippen LogP) is 1.74. The molecule has 1 N–H and O–H groups in total. The molecular formula is C11H12ClN3O. The minimum atomic E-state index is -0.654. The highest BCUT2D eigenvalue weighted by Gasteiger charge is 2.12. The van der Waals surface area contributed by atoms with E-state index in [9.17, 15) is 5.11 Å². The minimum absolute atomic E-state index is 0.443. The second-order valence-corrected chi connectivity index (χ2v) is 4.01. The Morgan fingerprint density at radius 1 is 1.44 bits per heavy atom. The van der Waals surface area contributed by atoms with Crippen LogP contribution in [0, 0.1) is 0 Å². The molecule has 84 valence electrons. The second kappa shape index (κ2) is 4.63. The van der Waals surface area contributed by atoms with Crippen LogP contribution in [0.2, 0.25) is 5.02 Å². The van der Waals surface area contributed by atoms with E-state index in [4.69, 9.17) is 11.6 Å². The lowest BCUT2D eigenvalue weighted by Gasteiger charge is -2.09. The van der Waals surface area contributed by atoms with E-state index in [0.717, 1.165) is 5.82 Å². The minimum Gasteiger partial charge on any atom is -0.386 e. The van der Waals surface area contributed by atoms with Gasteiger partial charge in [-0.05, 0) is 12.1 Å². The van der Waals surface area contributed by atoms with Gasteiger partial charge in [-0.2, -0.15) is 0 Å². The number of imidazole rings is 1. The maximum Gasteiger partial charge on any atom is 0.111 e. The average Bonchev–Trinajstić information content (AvgIpc) is 2.65. The Hall–Kier alpha value is -1.39. The summed E-state index contributed by atoms with van der Waals surface area (Å²) in [6, 6.07) is 3.43. The summed E-state index contributed by atoms with van der Waals surface area (Å²) in [4.78, 5) is 8.22. The third-order valence-electron chi connectivity index (χ3n) is 2.39. The summed E-state index contributed by atoms with van der Waals surface area (Å²) in [6.45, 7) is 0. The van der Waals surface area contributed by atoms with Crippen LogP contribution in [0.4, 0.5) is 0 Å². The number of aromatic nitrogens is 3. The Labute approximate surface area is 98.5 Å². The van der Waals surface area contributed by atoms with Crippen LogP contribution in [0.5, 0.6) is 0 Å². The fourth-order valence-corrected chi connectivity index (χ4v) is 1.57. The molecule has 1 atom stereocenters. The number of nitrogens with zero attached hydrogens (tertiary/aromatic N) is 3. The van der Waals surface area contributed by atoms with Crippen molar-refractivity contribution in [1.29, 1.82) is 0 Å². The first kappa shape index (κ1) is 11.1. The van der Waals surface area contributed by atoms with Crippen molar-refractivity contribution in [3.05, 3.63) is 47.3 Å². The van der Waals surface area contributed by atoms with Crippen molar-refractivity contribution in [2.24, 2.45) is 7.05 Å². The van der Waals surface area contributed by atoms with Gasteiger partial charge in [0.15, 0.2) is 0 Å². The van der Waals surface area contributed by atoms with Crippen molar-refractivity contribution in [1.82, 2.24) is 14.5 Å². The molecule has 2 aromatic rings. The van der Waals surface area contributed by atoms with Gasteiger partial charge in [0.1, 0.15) is 11.9 Å². The van der Waals surface area contributed by atoms with Crippen molar-refractivity contribution < 1.29 is 5.11 Å². The summed E-state index contributed by atoms with van der Waals surface area (Å²) in [5, 5.41) is 10.5. The second-order valence-electron chi connectivity index (χ2n) is 3.58. The summed E-state index contributed by atoms with van der Waals surface area (Å²) in [5.41, 5.74) is 0.604. The van der Waals surface area contributed by atoms with Crippen LogP contribution in [-0.2, 0) is 13.5 Å². The van der Waals surface area contributed by atoms with E-state index in [1.165, 1.54) is 6.20 Å². The van der Waals surface area contributed by atoms with Crippen LogP contribution in [0.15, 0.2) is 30.7 Å². The van der Waals surface area contributed by atoms with Crippen LogP contribution in [0.1, 0.15) is 17.6 Å². The number of rotatable bonds is 3. The van der Waals surface area contributed by atoms with Gasteiger partial charge in [-0.3, -0.25) is 4.98 Å².